The van der Waals surface area contributed by atoms with Crippen LogP contribution in [-0.2, 0) is 4.79 Å². The molecule has 0 unspecified atom stereocenters. The Morgan fingerprint density at radius 1 is 1.17 bits per heavy atom. The van der Waals surface area contributed by atoms with Crippen molar-refractivity contribution < 1.29 is 9.59 Å². The number of hydrogen-bond acceptors (Lipinski definition) is 4. The molecule has 23 heavy (non-hydrogen) atoms. The van der Waals surface area contributed by atoms with Gasteiger partial charge in [-0.25, -0.2) is 4.98 Å². The van der Waals surface area contributed by atoms with E-state index in [9.17, 15) is 9.59 Å². The average molecular weight is 326 g/mol. The molecule has 2 aromatic heterocycles. The minimum Gasteiger partial charge on any atom is -0.342 e. The lowest BCUT2D eigenvalue weighted by Gasteiger charge is -2.07. The van der Waals surface area contributed by atoms with Crippen molar-refractivity contribution >= 4 is 28.8 Å². The summed E-state index contributed by atoms with van der Waals surface area (Å²) in [7, 11) is 0. The largest absolute Gasteiger partial charge is 0.342 e. The molecule has 2 N–H and O–H groups in total. The second-order valence-corrected chi connectivity index (χ2v) is 5.67. The molecule has 0 saturated heterocycles. The number of nitrogens with zero attached hydrogens (tertiary/aromatic N) is 2. The highest BCUT2D eigenvalue weighted by molar-refractivity contribution is 7.12. The van der Waals surface area contributed by atoms with Crippen molar-refractivity contribution in [1.29, 1.82) is 0 Å². The van der Waals surface area contributed by atoms with Crippen molar-refractivity contribution in [1.82, 2.24) is 14.9 Å². The molecule has 0 radical (unpaired) electrons. The van der Waals surface area contributed by atoms with Crippen molar-refractivity contribution in [3.63, 3.8) is 0 Å². The molecule has 2 amide bonds. The average Bonchev–Trinajstić information content (AvgIpc) is 3.26. The summed E-state index contributed by atoms with van der Waals surface area (Å²) >= 11 is 1.34. The summed E-state index contributed by atoms with van der Waals surface area (Å²) in [4.78, 5) is 28.2. The van der Waals surface area contributed by atoms with Crippen molar-refractivity contribution in [2.24, 2.45) is 0 Å². The predicted molar refractivity (Wildman–Crippen MR) is 88.8 cm³/mol. The lowest BCUT2D eigenvalue weighted by molar-refractivity contribution is -0.115. The van der Waals surface area contributed by atoms with Crippen molar-refractivity contribution in [2.45, 2.75) is 0 Å². The Labute approximate surface area is 136 Å². The van der Waals surface area contributed by atoms with Crippen LogP contribution in [0.5, 0.6) is 0 Å². The number of hydrogen-bond donors (Lipinski definition) is 2. The molecule has 1 aromatic carbocycles. The molecule has 7 heteroatoms. The molecule has 0 aliphatic carbocycles. The van der Waals surface area contributed by atoms with E-state index in [1.54, 1.807) is 36.8 Å². The van der Waals surface area contributed by atoms with E-state index in [0.717, 1.165) is 5.69 Å². The summed E-state index contributed by atoms with van der Waals surface area (Å²) in [6.07, 6.45) is 5.24. The molecule has 0 aliphatic rings. The summed E-state index contributed by atoms with van der Waals surface area (Å²) in [5, 5.41) is 7.14. The van der Waals surface area contributed by atoms with Crippen LogP contribution in [0.1, 0.15) is 9.67 Å². The molecule has 0 spiro atoms. The summed E-state index contributed by atoms with van der Waals surface area (Å²) < 4.78 is 1.87. The van der Waals surface area contributed by atoms with Crippen LogP contribution in [0.25, 0.3) is 5.69 Å². The van der Waals surface area contributed by atoms with E-state index in [1.807, 2.05) is 28.3 Å². The third-order valence-corrected chi connectivity index (χ3v) is 3.98. The Bertz CT molecular complexity index is 780. The number of aromatic nitrogens is 2. The molecule has 0 aliphatic heterocycles. The minimum absolute atomic E-state index is 0.0694. The third kappa shape index (κ3) is 3.83. The zero-order valence-corrected chi connectivity index (χ0v) is 12.9. The maximum absolute atomic E-state index is 11.9. The normalized spacial score (nSPS) is 10.3. The van der Waals surface area contributed by atoms with Crippen molar-refractivity contribution in [2.75, 3.05) is 11.9 Å². The molecule has 0 saturated carbocycles. The molecule has 0 atom stereocenters. The van der Waals surface area contributed by atoms with E-state index in [4.69, 9.17) is 0 Å². The second-order valence-electron chi connectivity index (χ2n) is 4.72. The number of carbonyl (C=O) groups excluding carboxylic acids is 2. The van der Waals surface area contributed by atoms with Gasteiger partial charge in [0.05, 0.1) is 17.7 Å². The Balaban J connectivity index is 1.53. The van der Waals surface area contributed by atoms with Crippen LogP contribution in [0.2, 0.25) is 0 Å². The summed E-state index contributed by atoms with van der Waals surface area (Å²) in [6.45, 7) is -0.0694. The molecule has 0 bridgehead atoms. The van der Waals surface area contributed by atoms with Crippen molar-refractivity contribution in [3.05, 3.63) is 65.4 Å². The predicted octanol–water partition coefficient (Wildman–Crippen LogP) is 2.30. The van der Waals surface area contributed by atoms with Crippen LogP contribution in [0.4, 0.5) is 5.69 Å². The van der Waals surface area contributed by atoms with Gasteiger partial charge in [-0.15, -0.1) is 11.3 Å². The molecule has 3 rings (SSSR count). The highest BCUT2D eigenvalue weighted by Gasteiger charge is 2.08. The van der Waals surface area contributed by atoms with E-state index in [2.05, 4.69) is 15.6 Å². The highest BCUT2D eigenvalue weighted by Crippen LogP contribution is 2.13. The van der Waals surface area contributed by atoms with Gasteiger partial charge in [-0.3, -0.25) is 9.59 Å². The maximum atomic E-state index is 11.9. The molecule has 0 fully saturated rings. The number of anilines is 1. The fourth-order valence-electron chi connectivity index (χ4n) is 1.99. The lowest BCUT2D eigenvalue weighted by atomic mass is 10.2. The highest BCUT2D eigenvalue weighted by atomic mass is 32.1. The van der Waals surface area contributed by atoms with Gasteiger partial charge < -0.3 is 15.2 Å². The molecule has 3 aromatic rings. The van der Waals surface area contributed by atoms with Crippen LogP contribution in [-0.4, -0.2) is 27.9 Å². The van der Waals surface area contributed by atoms with E-state index in [1.165, 1.54) is 11.3 Å². The van der Waals surface area contributed by atoms with E-state index in [0.29, 0.717) is 10.6 Å². The van der Waals surface area contributed by atoms with Crippen LogP contribution in [0.15, 0.2) is 60.5 Å². The number of benzene rings is 1. The van der Waals surface area contributed by atoms with Crippen molar-refractivity contribution in [3.8, 4) is 5.69 Å². The second kappa shape index (κ2) is 6.89. The third-order valence-electron chi connectivity index (χ3n) is 3.11. The first-order valence-corrected chi connectivity index (χ1v) is 7.80. The first-order chi connectivity index (χ1) is 11.2. The molecular weight excluding hydrogens is 312 g/mol. The van der Waals surface area contributed by atoms with Crippen LogP contribution < -0.4 is 10.6 Å². The first-order valence-electron chi connectivity index (χ1n) is 6.92. The molecular formula is C16H14N4O2S. The Hall–Kier alpha value is -2.93. The summed E-state index contributed by atoms with van der Waals surface area (Å²) in [6, 6.07) is 10.9. The Morgan fingerprint density at radius 2 is 2.00 bits per heavy atom. The quantitative estimate of drug-likeness (QED) is 0.755. The van der Waals surface area contributed by atoms with Gasteiger partial charge in [0.15, 0.2) is 0 Å². The number of rotatable bonds is 5. The minimum atomic E-state index is -0.273. The number of carbonyl (C=O) groups is 2. The van der Waals surface area contributed by atoms with Gasteiger partial charge >= 0.3 is 0 Å². The van der Waals surface area contributed by atoms with E-state index in [-0.39, 0.29) is 18.4 Å². The monoisotopic (exact) mass is 326 g/mol. The van der Waals surface area contributed by atoms with Gasteiger partial charge in [0.25, 0.3) is 5.91 Å². The molecule has 116 valence electrons. The molecule has 6 nitrogen and oxygen atoms in total. The van der Waals surface area contributed by atoms with E-state index < -0.39 is 0 Å². The molecule has 2 heterocycles. The maximum Gasteiger partial charge on any atom is 0.261 e. The van der Waals surface area contributed by atoms with Gasteiger partial charge in [-0.1, -0.05) is 6.07 Å². The van der Waals surface area contributed by atoms with Crippen LogP contribution in [0.3, 0.4) is 0 Å². The standard InChI is InChI=1S/C16H14N4O2S/c21-15(10-18-16(22)14-2-1-9-23-14)19-12-3-5-13(6-4-12)20-8-7-17-11-20/h1-9,11H,10H2,(H,18,22)(H,19,21). The SMILES string of the molecule is O=C(CNC(=O)c1cccs1)Nc1ccc(-n2ccnc2)cc1. The summed E-state index contributed by atoms with van der Waals surface area (Å²) in [5.74, 6) is -0.518. The number of amides is 2. The zero-order valence-electron chi connectivity index (χ0n) is 12.1. The number of thiophene rings is 1. The topological polar surface area (TPSA) is 76.0 Å². The Morgan fingerprint density at radius 3 is 2.65 bits per heavy atom. The fourth-order valence-corrected chi connectivity index (χ4v) is 2.63. The van der Waals surface area contributed by atoms with Gasteiger partial charge in [-0.2, -0.15) is 0 Å². The van der Waals surface area contributed by atoms with E-state index >= 15 is 0 Å². The van der Waals surface area contributed by atoms with Gasteiger partial charge in [0.2, 0.25) is 5.91 Å². The lowest BCUT2D eigenvalue weighted by Crippen LogP contribution is -2.32. The fraction of sp³-hybridized carbons (Fsp3) is 0.0625. The van der Waals surface area contributed by atoms with Gasteiger partial charge in [0, 0.05) is 23.8 Å². The Kier molecular flexibility index (Phi) is 4.49. The van der Waals surface area contributed by atoms with Gasteiger partial charge in [0.1, 0.15) is 0 Å². The first kappa shape index (κ1) is 15.0. The summed E-state index contributed by atoms with van der Waals surface area (Å²) in [5.41, 5.74) is 1.62. The smallest absolute Gasteiger partial charge is 0.261 e. The van der Waals surface area contributed by atoms with Crippen LogP contribution >= 0.6 is 11.3 Å². The zero-order chi connectivity index (χ0) is 16.1. The number of nitrogens with one attached hydrogen (secondary N) is 2. The van der Waals surface area contributed by atoms with Gasteiger partial charge in [-0.05, 0) is 35.7 Å². The van der Waals surface area contributed by atoms with Crippen LogP contribution in [0, 0.1) is 0 Å². The number of imidazole rings is 1.